The van der Waals surface area contributed by atoms with Gasteiger partial charge in [0.2, 0.25) is 0 Å². The number of benzene rings is 1. The summed E-state index contributed by atoms with van der Waals surface area (Å²) in [6.07, 6.45) is 3.95. The summed E-state index contributed by atoms with van der Waals surface area (Å²) in [5.74, 6) is 1.47. The molecule has 1 fully saturated rings. The number of nitrogens with one attached hydrogen (secondary N) is 3. The van der Waals surface area contributed by atoms with E-state index in [0.29, 0.717) is 29.0 Å². The van der Waals surface area contributed by atoms with E-state index in [4.69, 9.17) is 9.47 Å². The van der Waals surface area contributed by atoms with Crippen molar-refractivity contribution in [2.24, 2.45) is 0 Å². The molecule has 1 saturated heterocycles. The molecular weight excluding hydrogens is 476 g/mol. The number of methoxy groups -OCH3 is 1. The average molecular weight is 503 g/mol. The number of ether oxygens (including phenoxy) is 2. The quantitative estimate of drug-likeness (QED) is 0.456. The van der Waals surface area contributed by atoms with Gasteiger partial charge in [-0.3, -0.25) is 4.79 Å². The molecule has 0 unspecified atom stereocenters. The monoisotopic (exact) mass is 502 g/mol. The van der Waals surface area contributed by atoms with E-state index in [2.05, 4.69) is 53.5 Å². The summed E-state index contributed by atoms with van der Waals surface area (Å²) < 4.78 is 11.9. The molecule has 1 aliphatic rings. The Bertz CT molecular complexity index is 1110. The summed E-state index contributed by atoms with van der Waals surface area (Å²) in [4.78, 5) is 26.4. The summed E-state index contributed by atoms with van der Waals surface area (Å²) in [6.45, 7) is 2.07. The molecule has 170 valence electrons. The van der Waals surface area contributed by atoms with Crippen LogP contribution in [0.5, 0.6) is 11.5 Å². The Kier molecular flexibility index (Phi) is 6.80. The Morgan fingerprint density at radius 2 is 2.09 bits per heavy atom. The van der Waals surface area contributed by atoms with Gasteiger partial charge in [-0.2, -0.15) is 0 Å². The maximum Gasteiger partial charge on any atom is 0.257 e. The number of aromatic nitrogens is 3. The van der Waals surface area contributed by atoms with Crippen LogP contribution in [-0.4, -0.2) is 72.7 Å². The molecule has 9 nitrogen and oxygen atoms in total. The molecule has 0 aliphatic carbocycles. The van der Waals surface area contributed by atoms with Gasteiger partial charge in [0, 0.05) is 24.8 Å². The number of hydrogen-bond donors (Lipinski definition) is 3. The molecule has 0 atom stereocenters. The van der Waals surface area contributed by atoms with Gasteiger partial charge in [-0.1, -0.05) is 0 Å². The van der Waals surface area contributed by atoms with E-state index in [1.54, 1.807) is 26.4 Å². The molecule has 32 heavy (non-hydrogen) atoms. The van der Waals surface area contributed by atoms with Gasteiger partial charge in [-0.15, -0.1) is 0 Å². The Labute approximate surface area is 195 Å². The Morgan fingerprint density at radius 1 is 1.31 bits per heavy atom. The zero-order valence-electron chi connectivity index (χ0n) is 18.4. The largest absolute Gasteiger partial charge is 0.493 e. The number of imidazole rings is 1. The molecule has 3 heterocycles. The van der Waals surface area contributed by atoms with Gasteiger partial charge in [0.25, 0.3) is 5.91 Å². The van der Waals surface area contributed by atoms with Crippen LogP contribution in [0.3, 0.4) is 0 Å². The van der Waals surface area contributed by atoms with Crippen LogP contribution >= 0.6 is 15.9 Å². The van der Waals surface area contributed by atoms with Crippen molar-refractivity contribution in [3.8, 4) is 22.9 Å². The van der Waals surface area contributed by atoms with Crippen LogP contribution in [0.2, 0.25) is 0 Å². The topological polar surface area (TPSA) is 104 Å². The highest BCUT2D eigenvalue weighted by Crippen LogP contribution is 2.35. The standard InChI is InChI=1S/C22H27BrN6O3/c1-24-18(30)12-32-16-5-4-13(10-17(16)31-3)21-27-20-19(15(23)11-25-22(20)28-21)26-14-6-8-29(2)9-7-14/h4-5,10-11,14H,6-9,12H2,1-3H3,(H,24,30)(H2,25,26,27,28). The third-order valence-corrected chi connectivity index (χ3v) is 6.22. The van der Waals surface area contributed by atoms with Crippen LogP contribution in [0, 0.1) is 0 Å². The first-order valence-electron chi connectivity index (χ1n) is 10.5. The number of H-pyrrole nitrogens is 1. The number of fused-ring (bicyclic) bond motifs is 1. The van der Waals surface area contributed by atoms with Crippen molar-refractivity contribution < 1.29 is 14.3 Å². The first kappa shape index (κ1) is 22.3. The van der Waals surface area contributed by atoms with Crippen molar-refractivity contribution in [2.45, 2.75) is 18.9 Å². The minimum atomic E-state index is -0.213. The van der Waals surface area contributed by atoms with Crippen LogP contribution in [0.15, 0.2) is 28.9 Å². The van der Waals surface area contributed by atoms with Crippen molar-refractivity contribution >= 4 is 38.7 Å². The Balaban J connectivity index is 1.61. The van der Waals surface area contributed by atoms with Gasteiger partial charge in [0.1, 0.15) is 11.3 Å². The molecule has 10 heteroatoms. The molecule has 3 aromatic rings. The van der Waals surface area contributed by atoms with E-state index < -0.39 is 0 Å². The van der Waals surface area contributed by atoms with Crippen molar-refractivity contribution in [2.75, 3.05) is 46.2 Å². The van der Waals surface area contributed by atoms with Crippen molar-refractivity contribution in [1.82, 2.24) is 25.2 Å². The molecule has 2 aromatic heterocycles. The van der Waals surface area contributed by atoms with Crippen LogP contribution in [0.4, 0.5) is 5.69 Å². The highest BCUT2D eigenvalue weighted by molar-refractivity contribution is 9.10. The van der Waals surface area contributed by atoms with E-state index in [0.717, 1.165) is 47.2 Å². The SMILES string of the molecule is CNC(=O)COc1ccc(-c2nc3ncc(Br)c(NC4CCN(C)CC4)c3[nH]2)cc1OC. The number of nitrogens with zero attached hydrogens (tertiary/aromatic N) is 3. The summed E-state index contributed by atoms with van der Waals surface area (Å²) >= 11 is 3.64. The van der Waals surface area contributed by atoms with Gasteiger partial charge in [0.15, 0.2) is 23.8 Å². The number of pyridine rings is 1. The number of piperidine rings is 1. The summed E-state index contributed by atoms with van der Waals surface area (Å²) in [5, 5.41) is 6.20. The molecule has 0 radical (unpaired) electrons. The minimum absolute atomic E-state index is 0.0826. The summed E-state index contributed by atoms with van der Waals surface area (Å²) in [5.41, 5.74) is 3.29. The maximum atomic E-state index is 11.5. The maximum absolute atomic E-state index is 11.5. The zero-order chi connectivity index (χ0) is 22.7. The smallest absolute Gasteiger partial charge is 0.257 e. The van der Waals surface area contributed by atoms with Crippen LogP contribution in [0.25, 0.3) is 22.6 Å². The second-order valence-corrected chi connectivity index (χ2v) is 8.67. The Morgan fingerprint density at radius 3 is 2.81 bits per heavy atom. The molecule has 4 rings (SSSR count). The van der Waals surface area contributed by atoms with Crippen molar-refractivity contribution in [3.05, 3.63) is 28.9 Å². The highest BCUT2D eigenvalue weighted by Gasteiger charge is 2.20. The van der Waals surface area contributed by atoms with Crippen LogP contribution in [-0.2, 0) is 4.79 Å². The van der Waals surface area contributed by atoms with E-state index in [9.17, 15) is 4.79 Å². The second kappa shape index (κ2) is 9.74. The second-order valence-electron chi connectivity index (χ2n) is 7.81. The lowest BCUT2D eigenvalue weighted by Crippen LogP contribution is -2.36. The lowest BCUT2D eigenvalue weighted by molar-refractivity contribution is -0.122. The Hall–Kier alpha value is -2.85. The predicted molar refractivity (Wildman–Crippen MR) is 127 cm³/mol. The first-order chi connectivity index (χ1) is 15.5. The molecule has 1 aliphatic heterocycles. The highest BCUT2D eigenvalue weighted by atomic mass is 79.9. The number of likely N-dealkylation sites (tertiary alicyclic amines) is 1. The molecule has 1 aromatic carbocycles. The third-order valence-electron chi connectivity index (χ3n) is 5.62. The minimum Gasteiger partial charge on any atom is -0.493 e. The van der Waals surface area contributed by atoms with E-state index >= 15 is 0 Å². The number of amides is 1. The lowest BCUT2D eigenvalue weighted by atomic mass is 10.1. The molecule has 3 N–H and O–H groups in total. The van der Waals surface area contributed by atoms with Crippen molar-refractivity contribution in [1.29, 1.82) is 0 Å². The average Bonchev–Trinajstić information content (AvgIpc) is 3.25. The molecule has 0 spiro atoms. The summed E-state index contributed by atoms with van der Waals surface area (Å²) in [6, 6.07) is 5.87. The fourth-order valence-corrected chi connectivity index (χ4v) is 4.13. The number of likely N-dealkylation sites (N-methyl/N-ethyl adjacent to an activating group) is 1. The number of halogens is 1. The zero-order valence-corrected chi connectivity index (χ0v) is 20.0. The molecule has 0 bridgehead atoms. The third kappa shape index (κ3) is 4.81. The first-order valence-corrected chi connectivity index (χ1v) is 11.3. The van der Waals surface area contributed by atoms with Crippen LogP contribution in [0.1, 0.15) is 12.8 Å². The number of anilines is 1. The van der Waals surface area contributed by atoms with Gasteiger partial charge in [-0.05, 0) is 67.1 Å². The number of carbonyl (C=O) groups excluding carboxylic acids is 1. The molecule has 0 saturated carbocycles. The number of carbonyl (C=O) groups is 1. The molecule has 1 amide bonds. The van der Waals surface area contributed by atoms with E-state index in [1.807, 2.05) is 12.1 Å². The van der Waals surface area contributed by atoms with Gasteiger partial charge < -0.3 is 30.0 Å². The molecular formula is C22H27BrN6O3. The lowest BCUT2D eigenvalue weighted by Gasteiger charge is -2.30. The normalized spacial score (nSPS) is 15.0. The van der Waals surface area contributed by atoms with Gasteiger partial charge in [0.05, 0.1) is 17.3 Å². The van der Waals surface area contributed by atoms with Gasteiger partial charge >= 0.3 is 0 Å². The van der Waals surface area contributed by atoms with Gasteiger partial charge in [-0.25, -0.2) is 9.97 Å². The van der Waals surface area contributed by atoms with E-state index in [1.165, 1.54) is 0 Å². The number of hydrogen-bond acceptors (Lipinski definition) is 7. The summed E-state index contributed by atoms with van der Waals surface area (Å²) in [7, 11) is 5.28. The number of rotatable bonds is 7. The fraction of sp³-hybridized carbons (Fsp3) is 0.409. The predicted octanol–water partition coefficient (Wildman–Crippen LogP) is 3.03. The number of aromatic amines is 1. The fourth-order valence-electron chi connectivity index (χ4n) is 3.72. The van der Waals surface area contributed by atoms with Crippen LogP contribution < -0.4 is 20.1 Å². The van der Waals surface area contributed by atoms with E-state index in [-0.39, 0.29) is 12.5 Å². The van der Waals surface area contributed by atoms with Crippen molar-refractivity contribution in [3.63, 3.8) is 0 Å².